The summed E-state index contributed by atoms with van der Waals surface area (Å²) >= 11 is 0. The number of aromatic nitrogens is 3. The Bertz CT molecular complexity index is 2040. The van der Waals surface area contributed by atoms with E-state index in [4.69, 9.17) is 9.97 Å². The van der Waals surface area contributed by atoms with Gasteiger partial charge in [-0.25, -0.2) is 0 Å². The van der Waals surface area contributed by atoms with Crippen molar-refractivity contribution in [3.8, 4) is 33.8 Å². The topological polar surface area (TPSA) is 50.9 Å². The molecule has 7 rings (SSSR count). The molecule has 0 unspecified atom stereocenters. The van der Waals surface area contributed by atoms with Crippen molar-refractivity contribution in [2.45, 2.75) is 13.1 Å². The van der Waals surface area contributed by atoms with Crippen LogP contribution in [0.5, 0.6) is 5.75 Å². The summed E-state index contributed by atoms with van der Waals surface area (Å²) in [7, 11) is -2.17. The van der Waals surface area contributed by atoms with E-state index >= 15 is 0 Å². The van der Waals surface area contributed by atoms with Crippen molar-refractivity contribution in [1.82, 2.24) is 14.5 Å². The Hall–Kier alpha value is -4.31. The molecule has 0 spiro atoms. The Labute approximate surface area is 260 Å². The van der Waals surface area contributed by atoms with Crippen molar-refractivity contribution in [2.24, 2.45) is 0 Å². The molecular formula is C36H28N3OPtSi-. The molecule has 0 saturated heterocycles. The third-order valence-corrected chi connectivity index (χ3v) is 11.1. The van der Waals surface area contributed by atoms with Gasteiger partial charge < -0.3 is 5.11 Å². The maximum atomic E-state index is 10.8. The van der Waals surface area contributed by atoms with E-state index in [1.165, 1.54) is 5.19 Å². The summed E-state index contributed by atoms with van der Waals surface area (Å²) in [5, 5.41) is 15.3. The second kappa shape index (κ2) is 11.2. The molecule has 0 bridgehead atoms. The third-order valence-electron chi connectivity index (χ3n) is 7.88. The number of fused-ring (bicyclic) bond motifs is 3. The number of benzene rings is 4. The minimum Gasteiger partial charge on any atom is -0.506 e. The molecule has 0 saturated carbocycles. The van der Waals surface area contributed by atoms with Gasteiger partial charge in [-0.1, -0.05) is 92.0 Å². The Morgan fingerprint density at radius 1 is 0.714 bits per heavy atom. The van der Waals surface area contributed by atoms with E-state index in [1.54, 1.807) is 6.07 Å². The van der Waals surface area contributed by atoms with Crippen LogP contribution in [-0.4, -0.2) is 27.7 Å². The number of aromatic hydroxyl groups is 1. The third kappa shape index (κ3) is 4.79. The summed E-state index contributed by atoms with van der Waals surface area (Å²) in [6, 6.07) is 44.8. The summed E-state index contributed by atoms with van der Waals surface area (Å²) in [6.07, 6.45) is 1.87. The van der Waals surface area contributed by atoms with Gasteiger partial charge in [0.05, 0.1) is 11.2 Å². The predicted molar refractivity (Wildman–Crippen MR) is 171 cm³/mol. The van der Waals surface area contributed by atoms with E-state index in [2.05, 4.69) is 96.5 Å². The van der Waals surface area contributed by atoms with Gasteiger partial charge in [-0.3, -0.25) is 14.5 Å². The average Bonchev–Trinajstić information content (AvgIpc) is 3.35. The summed E-state index contributed by atoms with van der Waals surface area (Å²) < 4.78 is 2.05. The molecule has 0 aliphatic heterocycles. The fourth-order valence-electron chi connectivity index (χ4n) is 5.60. The van der Waals surface area contributed by atoms with Crippen molar-refractivity contribution in [3.63, 3.8) is 0 Å². The maximum Gasteiger partial charge on any atom is 0.139 e. The molecule has 1 N–H and O–H groups in total. The first-order valence-corrected chi connectivity index (χ1v) is 16.7. The number of pyridine rings is 2. The molecule has 3 aromatic heterocycles. The maximum absolute atomic E-state index is 10.8. The van der Waals surface area contributed by atoms with Gasteiger partial charge in [0.15, 0.2) is 0 Å². The van der Waals surface area contributed by atoms with Crippen molar-refractivity contribution in [3.05, 3.63) is 134 Å². The van der Waals surface area contributed by atoms with E-state index in [1.807, 2.05) is 48.7 Å². The van der Waals surface area contributed by atoms with Crippen LogP contribution in [0.1, 0.15) is 0 Å². The van der Waals surface area contributed by atoms with Crippen molar-refractivity contribution < 1.29 is 26.2 Å². The summed E-state index contributed by atoms with van der Waals surface area (Å²) in [5.74, 6) is 0.213. The molecule has 0 aliphatic carbocycles. The van der Waals surface area contributed by atoms with Crippen LogP contribution in [0, 0.1) is 6.07 Å². The number of rotatable bonds is 5. The fraction of sp³-hybridized carbons (Fsp3) is 0.0556. The molecule has 0 radical (unpaired) electrons. The van der Waals surface area contributed by atoms with Gasteiger partial charge in [-0.2, -0.15) is 0 Å². The van der Waals surface area contributed by atoms with Crippen molar-refractivity contribution in [1.29, 1.82) is 0 Å². The van der Waals surface area contributed by atoms with E-state index in [9.17, 15) is 5.11 Å². The molecule has 0 aliphatic rings. The van der Waals surface area contributed by atoms with Gasteiger partial charge in [0, 0.05) is 43.4 Å². The van der Waals surface area contributed by atoms with E-state index in [0.29, 0.717) is 5.69 Å². The molecule has 4 nitrogen and oxygen atoms in total. The largest absolute Gasteiger partial charge is 0.506 e. The van der Waals surface area contributed by atoms with Gasteiger partial charge in [0.25, 0.3) is 0 Å². The fourth-order valence-corrected chi connectivity index (χ4v) is 7.75. The summed E-state index contributed by atoms with van der Waals surface area (Å²) in [5.41, 5.74) is 6.56. The number of hydrogen-bond donors (Lipinski definition) is 1. The number of para-hydroxylation sites is 3. The molecule has 4 aromatic carbocycles. The van der Waals surface area contributed by atoms with Crippen LogP contribution in [0.15, 0.2) is 128 Å². The summed E-state index contributed by atoms with van der Waals surface area (Å²) in [6.45, 7) is 4.65. The van der Waals surface area contributed by atoms with Gasteiger partial charge in [0.1, 0.15) is 19.5 Å². The first-order valence-electron chi connectivity index (χ1n) is 13.7. The number of phenols is 1. The molecule has 208 valence electrons. The Morgan fingerprint density at radius 3 is 2.24 bits per heavy atom. The standard InChI is InChI=1S/C36H28N3OSi.Pt/c1-41(2,35-18-10-11-21-37-35)28-23-26(25-12-4-3-5-13-25)22-27(24-28)31-20-19-30-29-14-6-7-15-32(29)39(36(30)38-31)33-16-8-9-17-34(33)40;/h3-23,40H,1-2H3;/q-1;. The minimum absolute atomic E-state index is 0. The number of nitrogens with zero attached hydrogens (tertiary/aromatic N) is 3. The van der Waals surface area contributed by atoms with E-state index in [0.717, 1.165) is 49.6 Å². The van der Waals surface area contributed by atoms with Crippen molar-refractivity contribution in [2.75, 3.05) is 0 Å². The molecule has 3 heterocycles. The van der Waals surface area contributed by atoms with Crippen LogP contribution < -0.4 is 10.5 Å². The van der Waals surface area contributed by atoms with E-state index in [-0.39, 0.29) is 26.8 Å². The Morgan fingerprint density at radius 2 is 1.45 bits per heavy atom. The molecule has 42 heavy (non-hydrogen) atoms. The number of hydrogen-bond acceptors (Lipinski definition) is 3. The normalized spacial score (nSPS) is 11.5. The average molecular weight is 742 g/mol. The van der Waals surface area contributed by atoms with Crippen LogP contribution in [0.3, 0.4) is 0 Å². The van der Waals surface area contributed by atoms with Gasteiger partial charge in [-0.05, 0) is 41.6 Å². The van der Waals surface area contributed by atoms with Crippen LogP contribution in [0.2, 0.25) is 13.1 Å². The van der Waals surface area contributed by atoms with Gasteiger partial charge in [-0.15, -0.1) is 34.5 Å². The molecule has 0 amide bonds. The zero-order valence-electron chi connectivity index (χ0n) is 23.2. The van der Waals surface area contributed by atoms with Crippen LogP contribution in [0.4, 0.5) is 0 Å². The molecule has 6 heteroatoms. The quantitative estimate of drug-likeness (QED) is 0.150. The van der Waals surface area contributed by atoms with E-state index < -0.39 is 8.07 Å². The molecular weight excluding hydrogens is 714 g/mol. The smallest absolute Gasteiger partial charge is 0.139 e. The second-order valence-corrected chi connectivity index (χ2v) is 15.1. The first kappa shape index (κ1) is 27.8. The Kier molecular flexibility index (Phi) is 7.40. The van der Waals surface area contributed by atoms with Gasteiger partial charge >= 0.3 is 0 Å². The van der Waals surface area contributed by atoms with Crippen LogP contribution in [0.25, 0.3) is 50.0 Å². The zero-order chi connectivity index (χ0) is 28.0. The first-order chi connectivity index (χ1) is 20.0. The molecule has 7 aromatic rings. The zero-order valence-corrected chi connectivity index (χ0v) is 26.5. The SMILES string of the molecule is C[Si](C)(c1[c-]c(-c2ccc3c4ccccc4n(-c4ccccc4O)c3n2)cc(-c2ccccc2)c1)c1ccccn1.[Pt]. The van der Waals surface area contributed by atoms with Crippen molar-refractivity contribution >= 4 is 40.5 Å². The summed E-state index contributed by atoms with van der Waals surface area (Å²) in [4.78, 5) is 10.0. The van der Waals surface area contributed by atoms with Crippen LogP contribution >= 0.6 is 0 Å². The number of phenolic OH excluding ortho intramolecular Hbond substituents is 1. The molecule has 0 atom stereocenters. The minimum atomic E-state index is -2.17. The monoisotopic (exact) mass is 741 g/mol. The Balaban J connectivity index is 0.00000316. The molecule has 0 fully saturated rings. The van der Waals surface area contributed by atoms with Gasteiger partial charge in [0.2, 0.25) is 0 Å². The second-order valence-electron chi connectivity index (χ2n) is 10.8. The predicted octanol–water partition coefficient (Wildman–Crippen LogP) is 7.23. The van der Waals surface area contributed by atoms with Crippen LogP contribution in [-0.2, 0) is 21.1 Å².